The van der Waals surface area contributed by atoms with Crippen LogP contribution in [-0.2, 0) is 4.79 Å². The van der Waals surface area contributed by atoms with Crippen LogP contribution in [0.1, 0.15) is 55.5 Å². The number of nitrogens with one attached hydrogen (secondary N) is 1. The highest BCUT2D eigenvalue weighted by atomic mass is 35.5. The zero-order valence-corrected chi connectivity index (χ0v) is 14.5. The van der Waals surface area contributed by atoms with Crippen molar-refractivity contribution in [1.82, 2.24) is 5.32 Å². The second-order valence-corrected chi connectivity index (χ2v) is 5.53. The third-order valence-corrected chi connectivity index (χ3v) is 4.10. The molecular formula is C17H27ClN2O2. The van der Waals surface area contributed by atoms with Gasteiger partial charge in [0.25, 0.3) is 0 Å². The highest BCUT2D eigenvalue weighted by Crippen LogP contribution is 2.14. The predicted octanol–water partition coefficient (Wildman–Crippen LogP) is 3.01. The van der Waals surface area contributed by atoms with E-state index in [1.54, 1.807) is 12.1 Å². The van der Waals surface area contributed by atoms with Gasteiger partial charge in [-0.1, -0.05) is 43.7 Å². The van der Waals surface area contributed by atoms with Crippen LogP contribution in [0.5, 0.6) is 0 Å². The molecule has 4 nitrogen and oxygen atoms in total. The van der Waals surface area contributed by atoms with Crippen molar-refractivity contribution in [1.29, 1.82) is 0 Å². The number of halogens is 1. The molecule has 0 spiro atoms. The smallest absolute Gasteiger partial charge is 0.220 e. The van der Waals surface area contributed by atoms with Crippen molar-refractivity contribution in [2.75, 3.05) is 6.54 Å². The van der Waals surface area contributed by atoms with Crippen molar-refractivity contribution in [2.24, 2.45) is 5.73 Å². The van der Waals surface area contributed by atoms with Crippen LogP contribution >= 0.6 is 12.4 Å². The number of Topliss-reactive ketones (excluding diaryl/α,β-unsaturated/α-hetero) is 1. The standard InChI is InChI=1S/C17H26N2O2.ClH/c1-4-17(5-2,12-18)19-16(21)11-10-15(20)14-8-6-13(3)7-9-14;/h6-9H,4-5,10-12,18H2,1-3H3,(H,19,21);1H. The van der Waals surface area contributed by atoms with E-state index >= 15 is 0 Å². The number of amides is 1. The summed E-state index contributed by atoms with van der Waals surface area (Å²) in [7, 11) is 0. The van der Waals surface area contributed by atoms with E-state index in [2.05, 4.69) is 5.32 Å². The fourth-order valence-electron chi connectivity index (χ4n) is 2.24. The number of aryl methyl sites for hydroxylation is 1. The highest BCUT2D eigenvalue weighted by Gasteiger charge is 2.26. The summed E-state index contributed by atoms with van der Waals surface area (Å²) in [6.07, 6.45) is 2.01. The lowest BCUT2D eigenvalue weighted by molar-refractivity contribution is -0.123. The van der Waals surface area contributed by atoms with Gasteiger partial charge in [-0.15, -0.1) is 12.4 Å². The Morgan fingerprint density at radius 3 is 2.09 bits per heavy atom. The molecule has 0 unspecified atom stereocenters. The molecule has 0 aliphatic rings. The summed E-state index contributed by atoms with van der Waals surface area (Å²) in [6.45, 7) is 6.41. The number of carbonyl (C=O) groups is 2. The molecule has 0 bridgehead atoms. The lowest BCUT2D eigenvalue weighted by Gasteiger charge is -2.31. The predicted molar refractivity (Wildman–Crippen MR) is 92.5 cm³/mol. The Labute approximate surface area is 139 Å². The van der Waals surface area contributed by atoms with Gasteiger partial charge in [0.05, 0.1) is 5.54 Å². The van der Waals surface area contributed by atoms with Crippen LogP contribution in [0.3, 0.4) is 0 Å². The number of hydrogen-bond donors (Lipinski definition) is 2. The van der Waals surface area contributed by atoms with Crippen LogP contribution in [-0.4, -0.2) is 23.8 Å². The number of carbonyl (C=O) groups excluding carboxylic acids is 2. The molecule has 1 rings (SSSR count). The van der Waals surface area contributed by atoms with E-state index in [0.717, 1.165) is 18.4 Å². The summed E-state index contributed by atoms with van der Waals surface area (Å²) in [5, 5.41) is 2.98. The van der Waals surface area contributed by atoms with Crippen molar-refractivity contribution >= 4 is 24.1 Å². The summed E-state index contributed by atoms with van der Waals surface area (Å²) in [5.74, 6) is -0.110. The van der Waals surface area contributed by atoms with Gasteiger partial charge in [0.1, 0.15) is 0 Å². The van der Waals surface area contributed by atoms with Gasteiger partial charge in [-0.25, -0.2) is 0 Å². The van der Waals surface area contributed by atoms with E-state index in [1.165, 1.54) is 0 Å². The number of ketones is 1. The van der Waals surface area contributed by atoms with Crippen LogP contribution in [0, 0.1) is 6.92 Å². The molecule has 0 atom stereocenters. The SMILES string of the molecule is CCC(CC)(CN)NC(=O)CCC(=O)c1ccc(C)cc1.Cl. The van der Waals surface area contributed by atoms with Crippen LogP contribution in [0.2, 0.25) is 0 Å². The summed E-state index contributed by atoms with van der Waals surface area (Å²) >= 11 is 0. The van der Waals surface area contributed by atoms with Crippen molar-refractivity contribution in [3.8, 4) is 0 Å². The van der Waals surface area contributed by atoms with E-state index in [-0.39, 0.29) is 42.5 Å². The van der Waals surface area contributed by atoms with Gasteiger partial charge in [0.15, 0.2) is 5.78 Å². The maximum absolute atomic E-state index is 12.0. The van der Waals surface area contributed by atoms with E-state index < -0.39 is 0 Å². The van der Waals surface area contributed by atoms with Crippen LogP contribution < -0.4 is 11.1 Å². The number of benzene rings is 1. The first-order chi connectivity index (χ1) is 9.96. The molecule has 0 radical (unpaired) electrons. The molecule has 0 saturated heterocycles. The largest absolute Gasteiger partial charge is 0.349 e. The maximum Gasteiger partial charge on any atom is 0.220 e. The fourth-order valence-corrected chi connectivity index (χ4v) is 2.24. The van der Waals surface area contributed by atoms with Gasteiger partial charge < -0.3 is 11.1 Å². The summed E-state index contributed by atoms with van der Waals surface area (Å²) in [4.78, 5) is 24.0. The molecule has 0 aliphatic heterocycles. The van der Waals surface area contributed by atoms with Gasteiger partial charge in [0.2, 0.25) is 5.91 Å². The van der Waals surface area contributed by atoms with Crippen LogP contribution in [0.4, 0.5) is 0 Å². The Balaban J connectivity index is 0.00000441. The van der Waals surface area contributed by atoms with E-state index in [1.807, 2.05) is 32.9 Å². The number of hydrogen-bond acceptors (Lipinski definition) is 3. The monoisotopic (exact) mass is 326 g/mol. The van der Waals surface area contributed by atoms with Gasteiger partial charge in [-0.2, -0.15) is 0 Å². The zero-order valence-electron chi connectivity index (χ0n) is 13.6. The normalized spacial score (nSPS) is 10.7. The molecule has 5 heteroatoms. The van der Waals surface area contributed by atoms with Gasteiger partial charge in [0, 0.05) is 24.9 Å². The Hall–Kier alpha value is -1.39. The van der Waals surface area contributed by atoms with Crippen molar-refractivity contribution < 1.29 is 9.59 Å². The molecule has 1 aromatic rings. The van der Waals surface area contributed by atoms with Crippen molar-refractivity contribution in [3.63, 3.8) is 0 Å². The third-order valence-electron chi connectivity index (χ3n) is 4.10. The summed E-state index contributed by atoms with van der Waals surface area (Å²) < 4.78 is 0. The van der Waals surface area contributed by atoms with Crippen LogP contribution in [0.15, 0.2) is 24.3 Å². The quantitative estimate of drug-likeness (QED) is 0.721. The first kappa shape index (κ1) is 20.6. The molecule has 0 fully saturated rings. The Morgan fingerprint density at radius 1 is 1.09 bits per heavy atom. The Kier molecular flexibility index (Phi) is 8.99. The number of rotatable bonds is 8. The minimum atomic E-state index is -0.343. The molecular weight excluding hydrogens is 300 g/mol. The summed E-state index contributed by atoms with van der Waals surface area (Å²) in [6, 6.07) is 7.41. The molecule has 22 heavy (non-hydrogen) atoms. The minimum Gasteiger partial charge on any atom is -0.349 e. The molecule has 0 saturated carbocycles. The first-order valence-corrected chi connectivity index (χ1v) is 7.57. The first-order valence-electron chi connectivity index (χ1n) is 7.57. The molecule has 1 amide bonds. The average molecular weight is 327 g/mol. The second-order valence-electron chi connectivity index (χ2n) is 5.53. The topological polar surface area (TPSA) is 72.2 Å². The molecule has 0 heterocycles. The molecule has 124 valence electrons. The lowest BCUT2D eigenvalue weighted by Crippen LogP contribution is -2.52. The minimum absolute atomic E-state index is 0. The molecule has 3 N–H and O–H groups in total. The van der Waals surface area contributed by atoms with Gasteiger partial charge in [-0.05, 0) is 19.8 Å². The number of nitrogens with two attached hydrogens (primary N) is 1. The lowest BCUT2D eigenvalue weighted by atomic mass is 9.92. The van der Waals surface area contributed by atoms with Gasteiger partial charge >= 0.3 is 0 Å². The Bertz CT molecular complexity index is 474. The van der Waals surface area contributed by atoms with E-state index in [4.69, 9.17) is 5.73 Å². The molecule has 0 aromatic heterocycles. The van der Waals surface area contributed by atoms with Gasteiger partial charge in [-0.3, -0.25) is 9.59 Å². The maximum atomic E-state index is 12.0. The van der Waals surface area contributed by atoms with Crippen molar-refractivity contribution in [2.45, 2.75) is 52.0 Å². The van der Waals surface area contributed by atoms with E-state index in [0.29, 0.717) is 12.1 Å². The third kappa shape index (κ3) is 5.78. The fraction of sp³-hybridized carbons (Fsp3) is 0.529. The second kappa shape index (κ2) is 9.59. The summed E-state index contributed by atoms with van der Waals surface area (Å²) in [5.41, 5.74) is 7.18. The molecule has 1 aromatic carbocycles. The Morgan fingerprint density at radius 2 is 1.64 bits per heavy atom. The van der Waals surface area contributed by atoms with Crippen LogP contribution in [0.25, 0.3) is 0 Å². The zero-order chi connectivity index (χ0) is 15.9. The average Bonchev–Trinajstić information content (AvgIpc) is 2.51. The molecule has 0 aliphatic carbocycles. The highest BCUT2D eigenvalue weighted by molar-refractivity contribution is 5.98. The van der Waals surface area contributed by atoms with E-state index in [9.17, 15) is 9.59 Å². The van der Waals surface area contributed by atoms with Crippen molar-refractivity contribution in [3.05, 3.63) is 35.4 Å².